The van der Waals surface area contributed by atoms with Crippen molar-refractivity contribution in [3.05, 3.63) is 0 Å². The standard InChI is InChI=1S/C16H30N2/c1-3-5-16(12-6-7-12)18(4-2)15-10-13-8-9-14(11-15)17-13/h12-17H,3-11H2,1-2H3. The average molecular weight is 250 g/mol. The largest absolute Gasteiger partial charge is 0.311 e. The minimum Gasteiger partial charge on any atom is -0.311 e. The van der Waals surface area contributed by atoms with Crippen molar-refractivity contribution in [3.63, 3.8) is 0 Å². The fourth-order valence-electron chi connectivity index (χ4n) is 4.51. The molecule has 2 heterocycles. The van der Waals surface area contributed by atoms with Crippen LogP contribution in [0.15, 0.2) is 0 Å². The van der Waals surface area contributed by atoms with E-state index in [0.29, 0.717) is 0 Å². The van der Waals surface area contributed by atoms with E-state index < -0.39 is 0 Å². The van der Waals surface area contributed by atoms with E-state index in [0.717, 1.165) is 30.1 Å². The molecule has 1 N–H and O–H groups in total. The van der Waals surface area contributed by atoms with E-state index >= 15 is 0 Å². The van der Waals surface area contributed by atoms with Crippen LogP contribution in [0.2, 0.25) is 0 Å². The van der Waals surface area contributed by atoms with Crippen LogP contribution in [0.4, 0.5) is 0 Å². The molecule has 2 heteroatoms. The first-order valence-corrected chi connectivity index (χ1v) is 8.33. The molecule has 0 spiro atoms. The smallest absolute Gasteiger partial charge is 0.0128 e. The summed E-state index contributed by atoms with van der Waals surface area (Å²) >= 11 is 0. The van der Waals surface area contributed by atoms with Crippen LogP contribution in [0.5, 0.6) is 0 Å². The monoisotopic (exact) mass is 250 g/mol. The van der Waals surface area contributed by atoms with Crippen LogP contribution in [-0.4, -0.2) is 35.6 Å². The third-order valence-electron chi connectivity index (χ3n) is 5.46. The molecule has 0 aromatic carbocycles. The molecule has 3 unspecified atom stereocenters. The number of hydrogen-bond acceptors (Lipinski definition) is 2. The van der Waals surface area contributed by atoms with Crippen LogP contribution in [0.1, 0.15) is 65.2 Å². The summed E-state index contributed by atoms with van der Waals surface area (Å²) in [4.78, 5) is 2.90. The zero-order valence-corrected chi connectivity index (χ0v) is 12.2. The highest BCUT2D eigenvalue weighted by atomic mass is 15.2. The van der Waals surface area contributed by atoms with Gasteiger partial charge in [0.25, 0.3) is 0 Å². The molecule has 3 fully saturated rings. The van der Waals surface area contributed by atoms with Gasteiger partial charge in [0.2, 0.25) is 0 Å². The molecule has 3 aliphatic rings. The number of rotatable bonds is 6. The summed E-state index contributed by atoms with van der Waals surface area (Å²) in [5.41, 5.74) is 0. The molecule has 3 atom stereocenters. The Morgan fingerprint density at radius 1 is 1.06 bits per heavy atom. The van der Waals surface area contributed by atoms with Crippen LogP contribution >= 0.6 is 0 Å². The summed E-state index contributed by atoms with van der Waals surface area (Å²) in [6.07, 6.45) is 11.5. The Bertz CT molecular complexity index is 262. The van der Waals surface area contributed by atoms with Crippen molar-refractivity contribution >= 4 is 0 Å². The number of nitrogens with one attached hydrogen (secondary N) is 1. The topological polar surface area (TPSA) is 15.3 Å². The van der Waals surface area contributed by atoms with E-state index in [1.165, 1.54) is 57.9 Å². The Morgan fingerprint density at radius 2 is 1.72 bits per heavy atom. The summed E-state index contributed by atoms with van der Waals surface area (Å²) in [6.45, 7) is 6.01. The number of nitrogens with zero attached hydrogens (tertiary/aromatic N) is 1. The highest BCUT2D eigenvalue weighted by Gasteiger charge is 2.41. The zero-order valence-electron chi connectivity index (χ0n) is 12.2. The first-order chi connectivity index (χ1) is 8.81. The number of fused-ring (bicyclic) bond motifs is 2. The molecule has 2 saturated heterocycles. The fourth-order valence-corrected chi connectivity index (χ4v) is 4.51. The molecule has 0 amide bonds. The molecule has 0 aromatic rings. The minimum atomic E-state index is 0.837. The molecule has 1 saturated carbocycles. The van der Waals surface area contributed by atoms with Gasteiger partial charge in [0.05, 0.1) is 0 Å². The fraction of sp³-hybridized carbons (Fsp3) is 1.00. The van der Waals surface area contributed by atoms with Gasteiger partial charge in [-0.15, -0.1) is 0 Å². The van der Waals surface area contributed by atoms with Crippen molar-refractivity contribution < 1.29 is 0 Å². The van der Waals surface area contributed by atoms with E-state index in [2.05, 4.69) is 24.1 Å². The Hall–Kier alpha value is -0.0800. The summed E-state index contributed by atoms with van der Waals surface area (Å²) < 4.78 is 0. The summed E-state index contributed by atoms with van der Waals surface area (Å²) in [5, 5.41) is 3.79. The van der Waals surface area contributed by atoms with E-state index in [-0.39, 0.29) is 0 Å². The van der Waals surface area contributed by atoms with Gasteiger partial charge >= 0.3 is 0 Å². The third kappa shape index (κ3) is 2.60. The Kier molecular flexibility index (Phi) is 3.95. The second-order valence-electron chi connectivity index (χ2n) is 6.79. The Labute approximate surface area is 113 Å². The van der Waals surface area contributed by atoms with Crippen molar-refractivity contribution in [3.8, 4) is 0 Å². The maximum absolute atomic E-state index is 3.79. The highest BCUT2D eigenvalue weighted by molar-refractivity contribution is 4.98. The first kappa shape index (κ1) is 12.9. The molecule has 1 aliphatic carbocycles. The molecule has 104 valence electrons. The molecule has 2 bridgehead atoms. The van der Waals surface area contributed by atoms with E-state index in [9.17, 15) is 0 Å². The Balaban J connectivity index is 1.66. The molecule has 18 heavy (non-hydrogen) atoms. The van der Waals surface area contributed by atoms with Crippen LogP contribution in [0.25, 0.3) is 0 Å². The summed E-state index contributed by atoms with van der Waals surface area (Å²) in [5.74, 6) is 1.04. The maximum Gasteiger partial charge on any atom is 0.0128 e. The van der Waals surface area contributed by atoms with Crippen molar-refractivity contribution in [1.82, 2.24) is 10.2 Å². The van der Waals surface area contributed by atoms with Gasteiger partial charge in [-0.2, -0.15) is 0 Å². The van der Waals surface area contributed by atoms with Crippen LogP contribution in [0.3, 0.4) is 0 Å². The second-order valence-corrected chi connectivity index (χ2v) is 6.79. The highest BCUT2D eigenvalue weighted by Crippen LogP contribution is 2.40. The predicted octanol–water partition coefficient (Wildman–Crippen LogP) is 3.17. The SMILES string of the molecule is CCCC(C1CC1)N(CC)C1CC2CCC(C1)N2. The van der Waals surface area contributed by atoms with Crippen LogP contribution in [-0.2, 0) is 0 Å². The lowest BCUT2D eigenvalue weighted by molar-refractivity contribution is 0.0824. The average Bonchev–Trinajstić information content (AvgIpc) is 3.16. The minimum absolute atomic E-state index is 0.837. The van der Waals surface area contributed by atoms with Crippen LogP contribution in [0, 0.1) is 5.92 Å². The van der Waals surface area contributed by atoms with Gasteiger partial charge in [0, 0.05) is 24.2 Å². The van der Waals surface area contributed by atoms with Gasteiger partial charge in [0.1, 0.15) is 0 Å². The van der Waals surface area contributed by atoms with E-state index in [1.807, 2.05) is 0 Å². The molecular weight excluding hydrogens is 220 g/mol. The molecule has 0 aromatic heterocycles. The molecule has 2 aliphatic heterocycles. The predicted molar refractivity (Wildman–Crippen MR) is 76.8 cm³/mol. The lowest BCUT2D eigenvalue weighted by Gasteiger charge is -2.42. The van der Waals surface area contributed by atoms with Gasteiger partial charge < -0.3 is 5.32 Å². The third-order valence-corrected chi connectivity index (χ3v) is 5.46. The molecule has 3 rings (SSSR count). The van der Waals surface area contributed by atoms with Crippen molar-refractivity contribution in [2.75, 3.05) is 6.54 Å². The van der Waals surface area contributed by atoms with Gasteiger partial charge in [-0.1, -0.05) is 20.3 Å². The van der Waals surface area contributed by atoms with E-state index in [4.69, 9.17) is 0 Å². The lowest BCUT2D eigenvalue weighted by Crippen LogP contribution is -2.52. The normalized spacial score (nSPS) is 37.2. The summed E-state index contributed by atoms with van der Waals surface area (Å²) in [6, 6.07) is 3.46. The Morgan fingerprint density at radius 3 is 2.22 bits per heavy atom. The summed E-state index contributed by atoms with van der Waals surface area (Å²) in [7, 11) is 0. The quantitative estimate of drug-likeness (QED) is 0.779. The first-order valence-electron chi connectivity index (χ1n) is 8.33. The van der Waals surface area contributed by atoms with Crippen LogP contribution < -0.4 is 5.32 Å². The van der Waals surface area contributed by atoms with Crippen molar-refractivity contribution in [2.24, 2.45) is 5.92 Å². The van der Waals surface area contributed by atoms with Gasteiger partial charge in [0.15, 0.2) is 0 Å². The zero-order chi connectivity index (χ0) is 12.5. The second kappa shape index (κ2) is 5.50. The van der Waals surface area contributed by atoms with E-state index in [1.54, 1.807) is 0 Å². The number of hydrogen-bond donors (Lipinski definition) is 1. The van der Waals surface area contributed by atoms with Crippen molar-refractivity contribution in [2.45, 2.75) is 89.4 Å². The van der Waals surface area contributed by atoms with Gasteiger partial charge in [-0.05, 0) is 57.4 Å². The van der Waals surface area contributed by atoms with Gasteiger partial charge in [-0.3, -0.25) is 4.90 Å². The number of piperidine rings is 1. The van der Waals surface area contributed by atoms with Crippen molar-refractivity contribution in [1.29, 1.82) is 0 Å². The molecule has 0 radical (unpaired) electrons. The maximum atomic E-state index is 3.79. The lowest BCUT2D eigenvalue weighted by atomic mass is 9.94. The van der Waals surface area contributed by atoms with Gasteiger partial charge in [-0.25, -0.2) is 0 Å². The molecule has 2 nitrogen and oxygen atoms in total. The molecular formula is C16H30N2.